The Balaban J connectivity index is 1.60. The Morgan fingerprint density at radius 1 is 1.21 bits per heavy atom. The number of fused-ring (bicyclic) bond motifs is 1. The van der Waals surface area contributed by atoms with Gasteiger partial charge in [-0.1, -0.05) is 12.1 Å². The van der Waals surface area contributed by atoms with Crippen molar-refractivity contribution >= 4 is 28.6 Å². The minimum atomic E-state index is 0.0416. The van der Waals surface area contributed by atoms with Crippen LogP contribution in [0.4, 0.5) is 0 Å². The van der Waals surface area contributed by atoms with E-state index in [0.717, 1.165) is 48.8 Å². The van der Waals surface area contributed by atoms with E-state index >= 15 is 0 Å². The molecule has 4 rings (SSSR count). The van der Waals surface area contributed by atoms with Crippen LogP contribution in [0.1, 0.15) is 31.1 Å². The molecule has 0 N–H and O–H groups in total. The van der Waals surface area contributed by atoms with Crippen LogP contribution >= 0.6 is 11.8 Å². The van der Waals surface area contributed by atoms with Crippen molar-refractivity contribution in [3.63, 3.8) is 0 Å². The highest BCUT2D eigenvalue weighted by Gasteiger charge is 2.28. The van der Waals surface area contributed by atoms with Gasteiger partial charge in [-0.25, -0.2) is 4.98 Å². The summed E-state index contributed by atoms with van der Waals surface area (Å²) in [6.45, 7) is 1.67. The molecule has 0 radical (unpaired) electrons. The molecule has 1 amide bonds. The minimum absolute atomic E-state index is 0.0416. The Kier molecular flexibility index (Phi) is 4.31. The minimum Gasteiger partial charge on any atom is -0.341 e. The summed E-state index contributed by atoms with van der Waals surface area (Å²) in [5.41, 5.74) is 0.774. The third-order valence-electron chi connectivity index (χ3n) is 4.72. The summed E-state index contributed by atoms with van der Waals surface area (Å²) in [5, 5.41) is 0.674. The highest BCUT2D eigenvalue weighted by atomic mass is 32.2. The summed E-state index contributed by atoms with van der Waals surface area (Å²) >= 11 is 1.90. The fraction of sp³-hybridized carbons (Fsp3) is 0.500. The van der Waals surface area contributed by atoms with Crippen LogP contribution in [0, 0.1) is 0 Å². The Bertz CT molecular complexity index is 823. The first-order valence-corrected chi connectivity index (χ1v) is 9.75. The normalized spacial score (nSPS) is 18.1. The van der Waals surface area contributed by atoms with Crippen LogP contribution in [-0.4, -0.2) is 45.0 Å². The van der Waals surface area contributed by atoms with Gasteiger partial charge in [-0.2, -0.15) is 11.8 Å². The van der Waals surface area contributed by atoms with Crippen LogP contribution in [0.2, 0.25) is 0 Å². The van der Waals surface area contributed by atoms with Crippen LogP contribution in [0.5, 0.6) is 0 Å². The van der Waals surface area contributed by atoms with E-state index < -0.39 is 0 Å². The number of hydrogen-bond acceptors (Lipinski definition) is 4. The van der Waals surface area contributed by atoms with Gasteiger partial charge in [0.1, 0.15) is 5.82 Å². The number of rotatable bonds is 4. The maximum Gasteiger partial charge on any atom is 0.261 e. The summed E-state index contributed by atoms with van der Waals surface area (Å²) in [6.07, 6.45) is 3.04. The monoisotopic (exact) mass is 343 g/mol. The number of amides is 1. The van der Waals surface area contributed by atoms with Crippen LogP contribution in [0.25, 0.3) is 10.9 Å². The van der Waals surface area contributed by atoms with Gasteiger partial charge < -0.3 is 4.90 Å². The standard InChI is InChI=1S/C18H21N3O2S/c22-17(20-9-11-24-12-10-20)8-7-16-19-15-4-2-1-3-14(15)18(23)21(16)13-5-6-13/h1-4,13H,5-12H2. The van der Waals surface area contributed by atoms with Crippen LogP contribution in [0.15, 0.2) is 29.1 Å². The average molecular weight is 343 g/mol. The lowest BCUT2D eigenvalue weighted by Crippen LogP contribution is -2.38. The van der Waals surface area contributed by atoms with Crippen molar-refractivity contribution in [2.75, 3.05) is 24.6 Å². The molecule has 126 valence electrons. The van der Waals surface area contributed by atoms with Gasteiger partial charge in [-0.05, 0) is 25.0 Å². The number of carbonyl (C=O) groups is 1. The quantitative estimate of drug-likeness (QED) is 0.854. The smallest absolute Gasteiger partial charge is 0.261 e. The van der Waals surface area contributed by atoms with E-state index in [1.807, 2.05) is 45.5 Å². The topological polar surface area (TPSA) is 55.2 Å². The molecular formula is C18H21N3O2S. The number of thioether (sulfide) groups is 1. The summed E-state index contributed by atoms with van der Waals surface area (Å²) in [7, 11) is 0. The fourth-order valence-corrected chi connectivity index (χ4v) is 4.17. The third kappa shape index (κ3) is 3.07. The molecule has 24 heavy (non-hydrogen) atoms. The van der Waals surface area contributed by atoms with Crippen LogP contribution in [-0.2, 0) is 11.2 Å². The molecule has 1 saturated heterocycles. The largest absolute Gasteiger partial charge is 0.341 e. The van der Waals surface area contributed by atoms with Crippen molar-refractivity contribution < 1.29 is 4.79 Å². The van der Waals surface area contributed by atoms with E-state index in [1.165, 1.54) is 0 Å². The number of aryl methyl sites for hydroxylation is 1. The van der Waals surface area contributed by atoms with Gasteiger partial charge in [0.15, 0.2) is 0 Å². The lowest BCUT2D eigenvalue weighted by molar-refractivity contribution is -0.130. The second-order valence-electron chi connectivity index (χ2n) is 6.44. The molecule has 1 aliphatic heterocycles. The molecule has 2 fully saturated rings. The molecule has 1 aliphatic carbocycles. The maximum atomic E-state index is 12.8. The van der Waals surface area contributed by atoms with E-state index in [9.17, 15) is 9.59 Å². The first kappa shape index (κ1) is 15.7. The van der Waals surface area contributed by atoms with Gasteiger partial charge in [0, 0.05) is 43.5 Å². The molecule has 1 saturated carbocycles. The summed E-state index contributed by atoms with van der Waals surface area (Å²) < 4.78 is 1.83. The molecule has 6 heteroatoms. The lowest BCUT2D eigenvalue weighted by atomic mass is 10.2. The van der Waals surface area contributed by atoms with Crippen molar-refractivity contribution in [3.05, 3.63) is 40.4 Å². The Morgan fingerprint density at radius 2 is 1.96 bits per heavy atom. The number of benzene rings is 1. The van der Waals surface area contributed by atoms with E-state index in [2.05, 4.69) is 0 Å². The molecule has 5 nitrogen and oxygen atoms in total. The van der Waals surface area contributed by atoms with E-state index in [4.69, 9.17) is 4.98 Å². The number of carbonyl (C=O) groups excluding carboxylic acids is 1. The van der Waals surface area contributed by atoms with Crippen LogP contribution < -0.4 is 5.56 Å². The first-order chi connectivity index (χ1) is 11.7. The zero-order chi connectivity index (χ0) is 16.5. The number of aromatic nitrogens is 2. The van der Waals surface area contributed by atoms with E-state index in [0.29, 0.717) is 18.2 Å². The van der Waals surface area contributed by atoms with Gasteiger partial charge in [-0.3, -0.25) is 14.2 Å². The third-order valence-corrected chi connectivity index (χ3v) is 5.66. The number of para-hydroxylation sites is 1. The maximum absolute atomic E-state index is 12.8. The fourth-order valence-electron chi connectivity index (χ4n) is 3.27. The second kappa shape index (κ2) is 6.59. The number of nitrogens with zero attached hydrogens (tertiary/aromatic N) is 3. The van der Waals surface area contributed by atoms with Gasteiger partial charge in [0.05, 0.1) is 10.9 Å². The molecule has 1 aromatic carbocycles. The van der Waals surface area contributed by atoms with Crippen molar-refractivity contribution in [2.45, 2.75) is 31.7 Å². The van der Waals surface area contributed by atoms with Gasteiger partial charge in [-0.15, -0.1) is 0 Å². The van der Waals surface area contributed by atoms with Crippen molar-refractivity contribution in [2.24, 2.45) is 0 Å². The van der Waals surface area contributed by atoms with Crippen LogP contribution in [0.3, 0.4) is 0 Å². The van der Waals surface area contributed by atoms with Gasteiger partial charge in [0.25, 0.3) is 5.56 Å². The molecule has 0 spiro atoms. The van der Waals surface area contributed by atoms with Gasteiger partial charge in [0.2, 0.25) is 5.91 Å². The van der Waals surface area contributed by atoms with Crippen molar-refractivity contribution in [1.82, 2.24) is 14.5 Å². The molecular weight excluding hydrogens is 322 g/mol. The summed E-state index contributed by atoms with van der Waals surface area (Å²) in [4.78, 5) is 31.9. The Morgan fingerprint density at radius 3 is 2.71 bits per heavy atom. The summed E-state index contributed by atoms with van der Waals surface area (Å²) in [6, 6.07) is 7.76. The zero-order valence-corrected chi connectivity index (χ0v) is 14.4. The molecule has 2 heterocycles. The molecule has 1 aromatic heterocycles. The molecule has 2 aromatic rings. The zero-order valence-electron chi connectivity index (χ0n) is 13.6. The SMILES string of the molecule is O=C(CCc1nc2ccccc2c(=O)n1C1CC1)N1CCSCC1. The predicted octanol–water partition coefficient (Wildman–Crippen LogP) is 2.24. The Labute approximate surface area is 145 Å². The predicted molar refractivity (Wildman–Crippen MR) is 96.5 cm³/mol. The average Bonchev–Trinajstić information content (AvgIpc) is 3.45. The second-order valence-corrected chi connectivity index (χ2v) is 7.67. The van der Waals surface area contributed by atoms with Gasteiger partial charge >= 0.3 is 0 Å². The van der Waals surface area contributed by atoms with E-state index in [-0.39, 0.29) is 17.5 Å². The Hall–Kier alpha value is -1.82. The highest BCUT2D eigenvalue weighted by Crippen LogP contribution is 2.34. The number of hydrogen-bond donors (Lipinski definition) is 0. The molecule has 0 unspecified atom stereocenters. The first-order valence-electron chi connectivity index (χ1n) is 8.60. The summed E-state index contributed by atoms with van der Waals surface area (Å²) in [5.74, 6) is 2.99. The van der Waals surface area contributed by atoms with E-state index in [1.54, 1.807) is 0 Å². The van der Waals surface area contributed by atoms with Crippen molar-refractivity contribution in [1.29, 1.82) is 0 Å². The lowest BCUT2D eigenvalue weighted by Gasteiger charge is -2.26. The van der Waals surface area contributed by atoms with Crippen molar-refractivity contribution in [3.8, 4) is 0 Å². The molecule has 0 bridgehead atoms. The molecule has 2 aliphatic rings. The highest BCUT2D eigenvalue weighted by molar-refractivity contribution is 7.99. The molecule has 0 atom stereocenters.